The highest BCUT2D eigenvalue weighted by molar-refractivity contribution is 5.43. The van der Waals surface area contributed by atoms with Gasteiger partial charge in [-0.3, -0.25) is 0 Å². The monoisotopic (exact) mass is 294 g/mol. The van der Waals surface area contributed by atoms with Crippen molar-refractivity contribution in [2.75, 3.05) is 13.7 Å². The molecule has 1 saturated carbocycles. The van der Waals surface area contributed by atoms with Crippen molar-refractivity contribution in [3.8, 4) is 5.75 Å². The number of hydrogen-bond acceptors (Lipinski definition) is 2. The fraction of sp³-hybridized carbons (Fsp3) is 0.400. The molecule has 0 radical (unpaired) electrons. The van der Waals surface area contributed by atoms with E-state index in [1.54, 1.807) is 7.11 Å². The highest BCUT2D eigenvalue weighted by Crippen LogP contribution is 2.58. The molecular formula is C20H22O2. The van der Waals surface area contributed by atoms with Gasteiger partial charge in [-0.25, -0.2) is 0 Å². The molecule has 2 aromatic carbocycles. The van der Waals surface area contributed by atoms with Crippen LogP contribution < -0.4 is 4.74 Å². The Bertz CT molecular complexity index is 652. The van der Waals surface area contributed by atoms with E-state index in [4.69, 9.17) is 9.47 Å². The summed E-state index contributed by atoms with van der Waals surface area (Å²) < 4.78 is 12.0. The van der Waals surface area contributed by atoms with Crippen LogP contribution in [0.25, 0.3) is 0 Å². The maximum absolute atomic E-state index is 6.31. The average Bonchev–Trinajstić information content (AvgIpc) is 3.15. The van der Waals surface area contributed by atoms with Gasteiger partial charge in [-0.1, -0.05) is 55.0 Å². The lowest BCUT2D eigenvalue weighted by Crippen LogP contribution is -2.30. The van der Waals surface area contributed by atoms with Gasteiger partial charge in [0.15, 0.2) is 0 Å². The fourth-order valence-corrected chi connectivity index (χ4v) is 4.51. The molecule has 2 heteroatoms. The van der Waals surface area contributed by atoms with Crippen molar-refractivity contribution in [3.63, 3.8) is 0 Å². The van der Waals surface area contributed by atoms with Crippen molar-refractivity contribution >= 4 is 0 Å². The molecule has 2 fully saturated rings. The Morgan fingerprint density at radius 3 is 2.64 bits per heavy atom. The quantitative estimate of drug-likeness (QED) is 0.829. The molecule has 0 aromatic heterocycles. The van der Waals surface area contributed by atoms with E-state index in [-0.39, 0.29) is 11.5 Å². The zero-order chi connectivity index (χ0) is 15.0. The predicted octanol–water partition coefficient (Wildman–Crippen LogP) is 4.50. The first-order valence-corrected chi connectivity index (χ1v) is 8.15. The third-order valence-corrected chi connectivity index (χ3v) is 5.51. The Labute approximate surface area is 132 Å². The highest BCUT2D eigenvalue weighted by Gasteiger charge is 2.54. The van der Waals surface area contributed by atoms with Crippen molar-refractivity contribution in [1.82, 2.24) is 0 Å². The second-order valence-corrected chi connectivity index (χ2v) is 6.50. The van der Waals surface area contributed by atoms with E-state index < -0.39 is 0 Å². The lowest BCUT2D eigenvalue weighted by atomic mass is 9.71. The summed E-state index contributed by atoms with van der Waals surface area (Å²) in [7, 11) is 1.77. The van der Waals surface area contributed by atoms with Gasteiger partial charge in [0.05, 0.1) is 19.8 Å². The second-order valence-electron chi connectivity index (χ2n) is 6.50. The molecular weight excluding hydrogens is 272 g/mol. The summed E-state index contributed by atoms with van der Waals surface area (Å²) in [5.41, 5.74) is 2.76. The number of rotatable bonds is 3. The van der Waals surface area contributed by atoms with Gasteiger partial charge in [0, 0.05) is 16.9 Å². The summed E-state index contributed by atoms with van der Waals surface area (Å²) in [4.78, 5) is 0. The minimum atomic E-state index is 0.118. The number of fused-ring (bicyclic) bond motifs is 1. The zero-order valence-electron chi connectivity index (χ0n) is 13.0. The molecule has 2 aliphatic rings. The van der Waals surface area contributed by atoms with Crippen LogP contribution in [0.1, 0.15) is 36.5 Å². The van der Waals surface area contributed by atoms with Gasteiger partial charge in [-0.2, -0.15) is 0 Å². The lowest BCUT2D eigenvalue weighted by Gasteiger charge is -2.31. The van der Waals surface area contributed by atoms with Crippen molar-refractivity contribution in [2.24, 2.45) is 5.92 Å². The molecule has 0 bridgehead atoms. The largest absolute Gasteiger partial charge is 0.496 e. The maximum atomic E-state index is 6.31. The third-order valence-electron chi connectivity index (χ3n) is 5.51. The summed E-state index contributed by atoms with van der Waals surface area (Å²) in [5.74, 6) is 1.55. The van der Waals surface area contributed by atoms with Gasteiger partial charge < -0.3 is 9.47 Å². The molecule has 0 spiro atoms. The number of methoxy groups -OCH3 is 1. The number of ether oxygens (including phenoxy) is 2. The number of hydrogen-bond donors (Lipinski definition) is 0. The third kappa shape index (κ3) is 1.98. The van der Waals surface area contributed by atoms with Crippen LogP contribution in [0, 0.1) is 5.92 Å². The molecule has 1 saturated heterocycles. The van der Waals surface area contributed by atoms with Crippen molar-refractivity contribution in [2.45, 2.75) is 30.8 Å². The van der Waals surface area contributed by atoms with E-state index in [0.29, 0.717) is 5.92 Å². The number of benzene rings is 2. The minimum Gasteiger partial charge on any atom is -0.496 e. The maximum Gasteiger partial charge on any atom is 0.122 e. The zero-order valence-corrected chi connectivity index (χ0v) is 13.0. The first kappa shape index (κ1) is 13.8. The normalized spacial score (nSPS) is 30.2. The molecule has 114 valence electrons. The van der Waals surface area contributed by atoms with E-state index >= 15 is 0 Å². The highest BCUT2D eigenvalue weighted by atomic mass is 16.5. The molecule has 4 rings (SSSR count). The van der Waals surface area contributed by atoms with Crippen LogP contribution in [0.3, 0.4) is 0 Å². The van der Waals surface area contributed by atoms with Crippen LogP contribution in [0.2, 0.25) is 0 Å². The van der Waals surface area contributed by atoms with Crippen LogP contribution in [-0.2, 0) is 10.2 Å². The summed E-state index contributed by atoms with van der Waals surface area (Å²) >= 11 is 0. The van der Waals surface area contributed by atoms with Gasteiger partial charge in [0.25, 0.3) is 0 Å². The topological polar surface area (TPSA) is 18.5 Å². The molecule has 1 heterocycles. The van der Waals surface area contributed by atoms with Crippen LogP contribution in [0.15, 0.2) is 54.6 Å². The van der Waals surface area contributed by atoms with Crippen LogP contribution in [0.5, 0.6) is 5.75 Å². The van der Waals surface area contributed by atoms with E-state index in [9.17, 15) is 0 Å². The Morgan fingerprint density at radius 2 is 1.82 bits per heavy atom. The van der Waals surface area contributed by atoms with Crippen molar-refractivity contribution < 1.29 is 9.47 Å². The van der Waals surface area contributed by atoms with Gasteiger partial charge in [-0.05, 0) is 24.5 Å². The summed E-state index contributed by atoms with van der Waals surface area (Å²) in [5, 5.41) is 0. The Kier molecular flexibility index (Phi) is 3.42. The average molecular weight is 294 g/mol. The molecule has 2 nitrogen and oxygen atoms in total. The van der Waals surface area contributed by atoms with Crippen molar-refractivity contribution in [1.29, 1.82) is 0 Å². The molecule has 0 unspecified atom stereocenters. The summed E-state index contributed by atoms with van der Waals surface area (Å²) in [6, 6.07) is 19.2. The van der Waals surface area contributed by atoms with E-state index in [2.05, 4.69) is 48.5 Å². The van der Waals surface area contributed by atoms with Crippen LogP contribution >= 0.6 is 0 Å². The fourth-order valence-electron chi connectivity index (χ4n) is 4.51. The smallest absolute Gasteiger partial charge is 0.122 e. The first-order chi connectivity index (χ1) is 10.8. The van der Waals surface area contributed by atoms with Gasteiger partial charge in [0.2, 0.25) is 0 Å². The summed E-state index contributed by atoms with van der Waals surface area (Å²) in [6.07, 6.45) is 3.92. The van der Waals surface area contributed by atoms with E-state index in [1.165, 1.54) is 30.4 Å². The minimum absolute atomic E-state index is 0.118. The molecule has 3 atom stereocenters. The van der Waals surface area contributed by atoms with E-state index in [1.807, 2.05) is 6.07 Å². The number of para-hydroxylation sites is 1. The Morgan fingerprint density at radius 1 is 1.05 bits per heavy atom. The molecule has 0 N–H and O–H groups in total. The van der Waals surface area contributed by atoms with E-state index in [0.717, 1.165) is 12.4 Å². The van der Waals surface area contributed by atoms with Crippen LogP contribution in [0.4, 0.5) is 0 Å². The molecule has 1 aliphatic heterocycles. The summed E-state index contributed by atoms with van der Waals surface area (Å²) in [6.45, 7) is 0.803. The molecule has 22 heavy (non-hydrogen) atoms. The van der Waals surface area contributed by atoms with Crippen molar-refractivity contribution in [3.05, 3.63) is 65.7 Å². The van der Waals surface area contributed by atoms with Gasteiger partial charge >= 0.3 is 0 Å². The standard InChI is InChI=1S/C20H22O2/c1-21-18-12-6-5-10-16(18)20-13-7-11-17(20)19(22-14-20)15-8-3-2-4-9-15/h2-6,8-10,12,17,19H,7,11,13-14H2,1H3/t17-,19+,20+/m0/s1. The molecule has 2 aromatic rings. The second kappa shape index (κ2) is 5.44. The Balaban J connectivity index is 1.76. The first-order valence-electron chi connectivity index (χ1n) is 8.15. The molecule has 1 aliphatic carbocycles. The lowest BCUT2D eigenvalue weighted by molar-refractivity contribution is 0.0845. The van der Waals surface area contributed by atoms with Gasteiger partial charge in [-0.15, -0.1) is 0 Å². The van der Waals surface area contributed by atoms with Crippen LogP contribution in [-0.4, -0.2) is 13.7 Å². The Hall–Kier alpha value is -1.80. The van der Waals surface area contributed by atoms with Gasteiger partial charge in [0.1, 0.15) is 5.75 Å². The SMILES string of the molecule is COc1ccccc1[C@]12CCC[C@H]1[C@@H](c1ccccc1)OC2. The molecule has 0 amide bonds. The predicted molar refractivity (Wildman–Crippen MR) is 87.1 cm³/mol.